The Bertz CT molecular complexity index is 701. The Labute approximate surface area is 158 Å². The number of alkyl halides is 3. The van der Waals surface area contributed by atoms with E-state index in [2.05, 4.69) is 10.1 Å². The molecule has 0 atom stereocenters. The van der Waals surface area contributed by atoms with E-state index in [-0.39, 0.29) is 21.5 Å². The lowest BCUT2D eigenvalue weighted by molar-refractivity contribution is -0.274. The molecule has 4 nitrogen and oxygen atoms in total. The molecule has 0 saturated heterocycles. The molecule has 142 valence electrons. The molecule has 0 amide bonds. The number of phenols is 1. The fraction of sp³-hybridized carbons (Fsp3) is 0.294. The van der Waals surface area contributed by atoms with Gasteiger partial charge in [-0.25, -0.2) is 0 Å². The highest BCUT2D eigenvalue weighted by Gasteiger charge is 2.30. The van der Waals surface area contributed by atoms with E-state index < -0.39 is 6.36 Å². The fourth-order valence-corrected chi connectivity index (χ4v) is 2.68. The van der Waals surface area contributed by atoms with Crippen molar-refractivity contribution < 1.29 is 27.8 Å². The van der Waals surface area contributed by atoms with Gasteiger partial charge in [0.25, 0.3) is 0 Å². The van der Waals surface area contributed by atoms with Gasteiger partial charge >= 0.3 is 6.36 Å². The summed E-state index contributed by atoms with van der Waals surface area (Å²) in [5.41, 5.74) is 0.685. The standard InChI is InChI=1S/C17H16Cl2F3NO3/c18-14-9-12(24)10-15(19)16(14)25-8-2-1-7-23-11-3-5-13(6-4-11)26-17(20,21)22/h3-6,9-10,23-24H,1-2,7-8H2. The summed E-state index contributed by atoms with van der Waals surface area (Å²) in [6.07, 6.45) is -3.23. The predicted molar refractivity (Wildman–Crippen MR) is 94.5 cm³/mol. The van der Waals surface area contributed by atoms with Crippen LogP contribution in [0.15, 0.2) is 36.4 Å². The van der Waals surface area contributed by atoms with Crippen LogP contribution in [0.1, 0.15) is 12.8 Å². The van der Waals surface area contributed by atoms with E-state index in [1.54, 1.807) is 0 Å². The first kappa shape index (κ1) is 20.3. The number of benzene rings is 2. The van der Waals surface area contributed by atoms with Crippen molar-refractivity contribution in [3.63, 3.8) is 0 Å². The van der Waals surface area contributed by atoms with Crippen molar-refractivity contribution in [3.8, 4) is 17.2 Å². The van der Waals surface area contributed by atoms with Crippen molar-refractivity contribution in [3.05, 3.63) is 46.4 Å². The first-order chi connectivity index (χ1) is 12.2. The molecule has 0 saturated carbocycles. The minimum absolute atomic E-state index is 0.0387. The summed E-state index contributed by atoms with van der Waals surface area (Å²) in [6.45, 7) is 0.990. The fourth-order valence-electron chi connectivity index (χ4n) is 2.09. The Kier molecular flexibility index (Phi) is 7.11. The van der Waals surface area contributed by atoms with Crippen LogP contribution in [0.5, 0.6) is 17.2 Å². The Balaban J connectivity index is 1.68. The van der Waals surface area contributed by atoms with Gasteiger partial charge in [-0.2, -0.15) is 0 Å². The Morgan fingerprint density at radius 1 is 1.00 bits per heavy atom. The summed E-state index contributed by atoms with van der Waals surface area (Å²) >= 11 is 11.9. The zero-order valence-electron chi connectivity index (χ0n) is 13.4. The molecule has 0 heterocycles. The molecule has 0 fully saturated rings. The first-order valence-corrected chi connectivity index (χ1v) is 8.41. The normalized spacial score (nSPS) is 11.3. The van der Waals surface area contributed by atoms with Crippen LogP contribution in [0.25, 0.3) is 0 Å². The third-order valence-electron chi connectivity index (χ3n) is 3.22. The van der Waals surface area contributed by atoms with E-state index >= 15 is 0 Å². The van der Waals surface area contributed by atoms with Crippen LogP contribution in [0.2, 0.25) is 10.0 Å². The second kappa shape index (κ2) is 9.09. The van der Waals surface area contributed by atoms with Gasteiger partial charge in [0.1, 0.15) is 11.5 Å². The summed E-state index contributed by atoms with van der Waals surface area (Å²) in [5, 5.41) is 12.9. The minimum atomic E-state index is -4.70. The summed E-state index contributed by atoms with van der Waals surface area (Å²) in [5.74, 6) is 0.0154. The smallest absolute Gasteiger partial charge is 0.508 e. The maximum Gasteiger partial charge on any atom is 0.573 e. The molecule has 0 aliphatic rings. The van der Waals surface area contributed by atoms with Crippen LogP contribution in [0.4, 0.5) is 18.9 Å². The Morgan fingerprint density at radius 2 is 1.62 bits per heavy atom. The molecule has 0 unspecified atom stereocenters. The topological polar surface area (TPSA) is 50.7 Å². The second-order valence-corrected chi connectivity index (χ2v) is 6.11. The van der Waals surface area contributed by atoms with Crippen molar-refractivity contribution in [1.29, 1.82) is 0 Å². The average Bonchev–Trinajstić information content (AvgIpc) is 2.52. The van der Waals surface area contributed by atoms with Gasteiger partial charge in [-0.05, 0) is 37.1 Å². The van der Waals surface area contributed by atoms with E-state index in [1.165, 1.54) is 36.4 Å². The molecular weight excluding hydrogens is 394 g/mol. The molecule has 2 aromatic rings. The molecule has 0 radical (unpaired) electrons. The highest BCUT2D eigenvalue weighted by atomic mass is 35.5. The maximum atomic E-state index is 12.1. The van der Waals surface area contributed by atoms with Gasteiger partial charge in [-0.3, -0.25) is 0 Å². The van der Waals surface area contributed by atoms with Crippen LogP contribution >= 0.6 is 23.2 Å². The highest BCUT2D eigenvalue weighted by molar-refractivity contribution is 6.37. The zero-order chi connectivity index (χ0) is 19.2. The molecule has 9 heteroatoms. The van der Waals surface area contributed by atoms with E-state index in [1.807, 2.05) is 0 Å². The van der Waals surface area contributed by atoms with Crippen molar-refractivity contribution in [1.82, 2.24) is 0 Å². The van der Waals surface area contributed by atoms with Crippen LogP contribution in [0.3, 0.4) is 0 Å². The van der Waals surface area contributed by atoms with Gasteiger partial charge < -0.3 is 19.9 Å². The third-order valence-corrected chi connectivity index (χ3v) is 3.78. The van der Waals surface area contributed by atoms with Crippen molar-refractivity contribution >= 4 is 28.9 Å². The lowest BCUT2D eigenvalue weighted by atomic mass is 10.2. The van der Waals surface area contributed by atoms with Gasteiger partial charge in [0.2, 0.25) is 0 Å². The SMILES string of the molecule is Oc1cc(Cl)c(OCCCCNc2ccc(OC(F)(F)F)cc2)c(Cl)c1. The largest absolute Gasteiger partial charge is 0.573 e. The number of aromatic hydroxyl groups is 1. The van der Waals surface area contributed by atoms with Gasteiger partial charge in [0.05, 0.1) is 16.7 Å². The number of hydrogen-bond acceptors (Lipinski definition) is 4. The van der Waals surface area contributed by atoms with E-state index in [9.17, 15) is 18.3 Å². The molecule has 2 N–H and O–H groups in total. The zero-order valence-corrected chi connectivity index (χ0v) is 15.0. The molecule has 2 aromatic carbocycles. The molecule has 26 heavy (non-hydrogen) atoms. The van der Waals surface area contributed by atoms with Gasteiger partial charge in [-0.1, -0.05) is 23.2 Å². The Morgan fingerprint density at radius 3 is 2.19 bits per heavy atom. The van der Waals surface area contributed by atoms with Gasteiger partial charge in [-0.15, -0.1) is 13.2 Å². The van der Waals surface area contributed by atoms with E-state index in [4.69, 9.17) is 27.9 Å². The molecule has 0 aliphatic heterocycles. The molecular formula is C17H16Cl2F3NO3. The first-order valence-electron chi connectivity index (χ1n) is 7.65. The molecule has 0 spiro atoms. The number of ether oxygens (including phenoxy) is 2. The van der Waals surface area contributed by atoms with Gasteiger partial charge in [0.15, 0.2) is 5.75 Å². The lowest BCUT2D eigenvalue weighted by Crippen LogP contribution is -2.17. The van der Waals surface area contributed by atoms with Crippen molar-refractivity contribution in [2.24, 2.45) is 0 Å². The quantitative estimate of drug-likeness (QED) is 0.535. The molecule has 0 aromatic heterocycles. The third kappa shape index (κ3) is 6.72. The monoisotopic (exact) mass is 409 g/mol. The second-order valence-electron chi connectivity index (χ2n) is 5.29. The number of hydrogen-bond donors (Lipinski definition) is 2. The van der Waals surface area contributed by atoms with Crippen LogP contribution < -0.4 is 14.8 Å². The van der Waals surface area contributed by atoms with Crippen LogP contribution in [0, 0.1) is 0 Å². The lowest BCUT2D eigenvalue weighted by Gasteiger charge is -2.11. The summed E-state index contributed by atoms with van der Waals surface area (Å²) in [7, 11) is 0. The molecule has 0 aliphatic carbocycles. The maximum absolute atomic E-state index is 12.1. The van der Waals surface area contributed by atoms with Crippen molar-refractivity contribution in [2.45, 2.75) is 19.2 Å². The number of phenolic OH excluding ortho intramolecular Hbond substituents is 1. The number of rotatable bonds is 8. The number of nitrogens with one attached hydrogen (secondary N) is 1. The number of halogens is 5. The van der Waals surface area contributed by atoms with Crippen LogP contribution in [-0.2, 0) is 0 Å². The molecule has 2 rings (SSSR count). The van der Waals surface area contributed by atoms with E-state index in [0.29, 0.717) is 31.0 Å². The van der Waals surface area contributed by atoms with Crippen molar-refractivity contribution in [2.75, 3.05) is 18.5 Å². The highest BCUT2D eigenvalue weighted by Crippen LogP contribution is 2.36. The Hall–Kier alpha value is -1.99. The summed E-state index contributed by atoms with van der Waals surface area (Å²) in [6, 6.07) is 8.19. The predicted octanol–water partition coefficient (Wildman–Crippen LogP) is 5.87. The number of anilines is 1. The summed E-state index contributed by atoms with van der Waals surface area (Å²) < 4.78 is 45.5. The average molecular weight is 410 g/mol. The van der Waals surface area contributed by atoms with Gasteiger partial charge in [0, 0.05) is 24.4 Å². The van der Waals surface area contributed by atoms with E-state index in [0.717, 1.165) is 6.42 Å². The van der Waals surface area contributed by atoms with Crippen LogP contribution in [-0.4, -0.2) is 24.6 Å². The summed E-state index contributed by atoms with van der Waals surface area (Å²) in [4.78, 5) is 0. The molecule has 0 bridgehead atoms. The minimum Gasteiger partial charge on any atom is -0.508 e. The number of unbranched alkanes of at least 4 members (excludes halogenated alkanes) is 1.